The van der Waals surface area contributed by atoms with Crippen molar-refractivity contribution in [1.29, 1.82) is 0 Å². The average Bonchev–Trinajstić information content (AvgIpc) is 3.18. The van der Waals surface area contributed by atoms with Gasteiger partial charge in [0.15, 0.2) is 5.96 Å². The van der Waals surface area contributed by atoms with Gasteiger partial charge in [0, 0.05) is 51.8 Å². The van der Waals surface area contributed by atoms with Crippen molar-refractivity contribution < 1.29 is 4.74 Å². The first-order valence-electron chi connectivity index (χ1n) is 9.86. The van der Waals surface area contributed by atoms with Gasteiger partial charge in [-0.1, -0.05) is 13.8 Å². The summed E-state index contributed by atoms with van der Waals surface area (Å²) in [6.45, 7) is 13.5. The lowest BCUT2D eigenvalue weighted by Crippen LogP contribution is -2.46. The molecule has 3 aliphatic heterocycles. The van der Waals surface area contributed by atoms with Crippen LogP contribution in [0.5, 0.6) is 0 Å². The van der Waals surface area contributed by atoms with E-state index < -0.39 is 0 Å². The van der Waals surface area contributed by atoms with Crippen molar-refractivity contribution in [2.45, 2.75) is 39.5 Å². The zero-order chi connectivity index (χ0) is 17.0. The molecule has 0 aliphatic carbocycles. The zero-order valence-corrected chi connectivity index (χ0v) is 15.9. The summed E-state index contributed by atoms with van der Waals surface area (Å²) < 4.78 is 5.65. The first-order chi connectivity index (χ1) is 11.6. The number of nitrogens with zero attached hydrogens (tertiary/aromatic N) is 3. The fraction of sp³-hybridized carbons (Fsp3) is 0.947. The van der Waals surface area contributed by atoms with Crippen LogP contribution < -0.4 is 5.32 Å². The summed E-state index contributed by atoms with van der Waals surface area (Å²) in [6, 6.07) is 0. The minimum absolute atomic E-state index is 0.399. The van der Waals surface area contributed by atoms with Crippen LogP contribution >= 0.6 is 0 Å². The molecule has 0 aromatic heterocycles. The monoisotopic (exact) mass is 336 g/mol. The summed E-state index contributed by atoms with van der Waals surface area (Å²) in [5.41, 5.74) is 0.399. The minimum Gasteiger partial charge on any atom is -0.381 e. The number of nitrogens with one attached hydrogen (secondary N) is 1. The fourth-order valence-electron chi connectivity index (χ4n) is 4.66. The van der Waals surface area contributed by atoms with E-state index in [-0.39, 0.29) is 0 Å². The standard InChI is InChI=1S/C19H36N4O/c1-16(2)12-22-8-4-5-17(13-22)11-21-18(20-3)23-9-6-19(14-23)7-10-24-15-19/h16-17H,4-15H2,1-3H3,(H,20,21). The van der Waals surface area contributed by atoms with Gasteiger partial charge in [0.1, 0.15) is 0 Å². The number of piperidine rings is 1. The Hall–Kier alpha value is -0.810. The van der Waals surface area contributed by atoms with Crippen molar-refractivity contribution in [2.75, 3.05) is 59.5 Å². The summed E-state index contributed by atoms with van der Waals surface area (Å²) in [4.78, 5) is 9.64. The molecule has 0 amide bonds. The van der Waals surface area contributed by atoms with Crippen LogP contribution in [0.2, 0.25) is 0 Å². The summed E-state index contributed by atoms with van der Waals surface area (Å²) in [5.74, 6) is 2.61. The normalized spacial score (nSPS) is 32.2. The number of ether oxygens (including phenoxy) is 1. The Morgan fingerprint density at radius 3 is 2.92 bits per heavy atom. The molecule has 3 aliphatic rings. The van der Waals surface area contributed by atoms with E-state index in [1.54, 1.807) is 0 Å². The Bertz CT molecular complexity index is 431. The largest absolute Gasteiger partial charge is 0.381 e. The van der Waals surface area contributed by atoms with Gasteiger partial charge < -0.3 is 19.9 Å². The molecule has 3 heterocycles. The van der Waals surface area contributed by atoms with Crippen LogP contribution in [0.1, 0.15) is 39.5 Å². The van der Waals surface area contributed by atoms with Crippen molar-refractivity contribution in [3.05, 3.63) is 0 Å². The molecule has 0 aromatic carbocycles. The van der Waals surface area contributed by atoms with Gasteiger partial charge in [-0.3, -0.25) is 4.99 Å². The Morgan fingerprint density at radius 2 is 2.21 bits per heavy atom. The summed E-state index contributed by atoms with van der Waals surface area (Å²) in [7, 11) is 1.92. The van der Waals surface area contributed by atoms with Gasteiger partial charge in [0.25, 0.3) is 0 Å². The Morgan fingerprint density at radius 1 is 1.33 bits per heavy atom. The molecule has 5 nitrogen and oxygen atoms in total. The van der Waals surface area contributed by atoms with E-state index in [4.69, 9.17) is 4.74 Å². The van der Waals surface area contributed by atoms with Gasteiger partial charge in [0.05, 0.1) is 6.61 Å². The quantitative estimate of drug-likeness (QED) is 0.630. The average molecular weight is 337 g/mol. The molecule has 138 valence electrons. The molecule has 5 heteroatoms. The van der Waals surface area contributed by atoms with Gasteiger partial charge in [-0.25, -0.2) is 0 Å². The molecule has 24 heavy (non-hydrogen) atoms. The van der Waals surface area contributed by atoms with Crippen LogP contribution in [0.4, 0.5) is 0 Å². The Balaban J connectivity index is 1.46. The van der Waals surface area contributed by atoms with Gasteiger partial charge >= 0.3 is 0 Å². The second-order valence-electron chi connectivity index (χ2n) is 8.56. The number of likely N-dealkylation sites (tertiary alicyclic amines) is 2. The zero-order valence-electron chi connectivity index (χ0n) is 15.9. The molecule has 0 bridgehead atoms. The lowest BCUT2D eigenvalue weighted by atomic mass is 9.87. The maximum atomic E-state index is 5.65. The maximum Gasteiger partial charge on any atom is 0.193 e. The first kappa shape index (κ1) is 18.0. The van der Waals surface area contributed by atoms with Crippen LogP contribution in [0.25, 0.3) is 0 Å². The lowest BCUT2D eigenvalue weighted by Gasteiger charge is -2.34. The van der Waals surface area contributed by atoms with Crippen LogP contribution in [0.15, 0.2) is 4.99 Å². The third-order valence-electron chi connectivity index (χ3n) is 5.91. The van der Waals surface area contributed by atoms with Crippen LogP contribution in [0.3, 0.4) is 0 Å². The van der Waals surface area contributed by atoms with E-state index in [1.807, 2.05) is 7.05 Å². The first-order valence-corrected chi connectivity index (χ1v) is 9.86. The molecule has 0 aromatic rings. The van der Waals surface area contributed by atoms with Crippen molar-refractivity contribution in [1.82, 2.24) is 15.1 Å². The second kappa shape index (κ2) is 8.05. The SMILES string of the molecule is CN=C(NCC1CCCN(CC(C)C)C1)N1CCC2(CCOC2)C1. The van der Waals surface area contributed by atoms with E-state index in [0.717, 1.165) is 50.6 Å². The van der Waals surface area contributed by atoms with Crippen LogP contribution in [0, 0.1) is 17.3 Å². The number of aliphatic imine (C=N–C) groups is 1. The van der Waals surface area contributed by atoms with Gasteiger partial charge in [-0.2, -0.15) is 0 Å². The third-order valence-corrected chi connectivity index (χ3v) is 5.91. The highest BCUT2D eigenvalue weighted by Crippen LogP contribution is 2.38. The van der Waals surface area contributed by atoms with Crippen LogP contribution in [-0.4, -0.2) is 75.3 Å². The molecule has 1 N–H and O–H groups in total. The number of rotatable bonds is 4. The molecule has 3 saturated heterocycles. The van der Waals surface area contributed by atoms with Crippen molar-refractivity contribution in [2.24, 2.45) is 22.2 Å². The van der Waals surface area contributed by atoms with Crippen LogP contribution in [-0.2, 0) is 4.74 Å². The predicted molar refractivity (Wildman–Crippen MR) is 99.4 cm³/mol. The predicted octanol–water partition coefficient (Wildman–Crippen LogP) is 2.04. The topological polar surface area (TPSA) is 40.1 Å². The summed E-state index contributed by atoms with van der Waals surface area (Å²) >= 11 is 0. The Kier molecular flexibility index (Phi) is 6.03. The van der Waals surface area contributed by atoms with E-state index in [2.05, 4.69) is 34.0 Å². The number of hydrogen-bond acceptors (Lipinski definition) is 3. The van der Waals surface area contributed by atoms with E-state index >= 15 is 0 Å². The smallest absolute Gasteiger partial charge is 0.193 e. The molecular weight excluding hydrogens is 300 g/mol. The van der Waals surface area contributed by atoms with E-state index in [0.29, 0.717) is 5.41 Å². The molecule has 2 unspecified atom stereocenters. The fourth-order valence-corrected chi connectivity index (χ4v) is 4.66. The minimum atomic E-state index is 0.399. The molecule has 1 spiro atoms. The van der Waals surface area contributed by atoms with E-state index in [9.17, 15) is 0 Å². The molecule has 3 rings (SSSR count). The lowest BCUT2D eigenvalue weighted by molar-refractivity contribution is 0.155. The summed E-state index contributed by atoms with van der Waals surface area (Å²) in [6.07, 6.45) is 5.14. The summed E-state index contributed by atoms with van der Waals surface area (Å²) in [5, 5.41) is 3.67. The molecule has 0 radical (unpaired) electrons. The van der Waals surface area contributed by atoms with Gasteiger partial charge in [-0.05, 0) is 44.1 Å². The highest BCUT2D eigenvalue weighted by molar-refractivity contribution is 5.80. The molecule has 3 fully saturated rings. The number of guanidine groups is 1. The van der Waals surface area contributed by atoms with Gasteiger partial charge in [-0.15, -0.1) is 0 Å². The Labute approximate surface area is 147 Å². The highest BCUT2D eigenvalue weighted by Gasteiger charge is 2.42. The second-order valence-corrected chi connectivity index (χ2v) is 8.56. The molecule has 2 atom stereocenters. The third kappa shape index (κ3) is 4.42. The van der Waals surface area contributed by atoms with Gasteiger partial charge in [0.2, 0.25) is 0 Å². The maximum absolute atomic E-state index is 5.65. The van der Waals surface area contributed by atoms with Crippen molar-refractivity contribution in [3.8, 4) is 0 Å². The molecular formula is C19H36N4O. The molecule has 0 saturated carbocycles. The number of hydrogen-bond donors (Lipinski definition) is 1. The van der Waals surface area contributed by atoms with Crippen molar-refractivity contribution >= 4 is 5.96 Å². The highest BCUT2D eigenvalue weighted by atomic mass is 16.5. The van der Waals surface area contributed by atoms with E-state index in [1.165, 1.54) is 45.3 Å². The van der Waals surface area contributed by atoms with Crippen molar-refractivity contribution in [3.63, 3.8) is 0 Å².